The molecule has 0 aliphatic rings. The van der Waals surface area contributed by atoms with Gasteiger partial charge in [0.1, 0.15) is 5.75 Å². The predicted octanol–water partition coefficient (Wildman–Crippen LogP) is 4.39. The van der Waals surface area contributed by atoms with Crippen LogP contribution in [0.4, 0.5) is 13.2 Å². The molecule has 0 fully saturated rings. The van der Waals surface area contributed by atoms with Gasteiger partial charge in [-0.15, -0.1) is 24.8 Å². The second kappa shape index (κ2) is 6.15. The molecule has 1 rings (SSSR count). The average molecular weight is 267 g/mol. The van der Waals surface area contributed by atoms with E-state index >= 15 is 0 Å². The number of ether oxygens (including phenoxy) is 1. The first-order chi connectivity index (χ1) is 7.90. The lowest BCUT2D eigenvalue weighted by molar-refractivity contribution is -0.274. The summed E-state index contributed by atoms with van der Waals surface area (Å²) >= 11 is 5.67. The molecule has 0 radical (unpaired) electrons. The van der Waals surface area contributed by atoms with Crippen LogP contribution in [-0.4, -0.2) is 12.2 Å². The minimum atomic E-state index is -4.63. The molecule has 0 saturated heterocycles. The predicted molar refractivity (Wildman–Crippen MR) is 61.3 cm³/mol. The molecule has 1 atom stereocenters. The maximum atomic E-state index is 11.9. The minimum Gasteiger partial charge on any atom is -0.406 e. The summed E-state index contributed by atoms with van der Waals surface area (Å²) in [6.07, 6.45) is -2.90. The van der Waals surface area contributed by atoms with Gasteiger partial charge in [-0.3, -0.25) is 0 Å². The van der Waals surface area contributed by atoms with Crippen molar-refractivity contribution in [3.05, 3.63) is 29.8 Å². The smallest absolute Gasteiger partial charge is 0.406 e. The molecule has 5 heteroatoms. The van der Waals surface area contributed by atoms with Gasteiger partial charge in [-0.2, -0.15) is 0 Å². The highest BCUT2D eigenvalue weighted by Gasteiger charge is 2.30. The Balaban J connectivity index is 2.50. The Hall–Kier alpha value is -0.900. The van der Waals surface area contributed by atoms with Gasteiger partial charge < -0.3 is 4.74 Å². The van der Waals surface area contributed by atoms with Crippen LogP contribution in [0, 0.1) is 5.92 Å². The van der Waals surface area contributed by atoms with Crippen LogP contribution >= 0.6 is 11.6 Å². The van der Waals surface area contributed by atoms with Gasteiger partial charge in [-0.1, -0.05) is 19.1 Å². The molecule has 0 aliphatic carbocycles. The first-order valence-corrected chi connectivity index (χ1v) is 5.85. The van der Waals surface area contributed by atoms with Gasteiger partial charge in [0.2, 0.25) is 0 Å². The van der Waals surface area contributed by atoms with Gasteiger partial charge in [-0.25, -0.2) is 0 Å². The summed E-state index contributed by atoms with van der Waals surface area (Å²) in [7, 11) is 0. The quantitative estimate of drug-likeness (QED) is 0.718. The van der Waals surface area contributed by atoms with E-state index in [0.717, 1.165) is 18.4 Å². The molecule has 1 nitrogen and oxygen atoms in total. The zero-order chi connectivity index (χ0) is 12.9. The topological polar surface area (TPSA) is 9.23 Å². The van der Waals surface area contributed by atoms with Gasteiger partial charge in [0.15, 0.2) is 0 Å². The van der Waals surface area contributed by atoms with Crippen molar-refractivity contribution in [1.29, 1.82) is 0 Å². The van der Waals surface area contributed by atoms with Crippen LogP contribution in [0.25, 0.3) is 0 Å². The molecule has 0 bridgehead atoms. The molecule has 0 spiro atoms. The molecule has 0 N–H and O–H groups in total. The van der Waals surface area contributed by atoms with Crippen molar-refractivity contribution < 1.29 is 17.9 Å². The standard InChI is InChI=1S/C12H14ClF3O/c1-9(8-13)2-3-10-4-6-11(7-5-10)17-12(14,15)16/h4-7,9H,2-3,8H2,1H3. The highest BCUT2D eigenvalue weighted by molar-refractivity contribution is 6.18. The SMILES string of the molecule is CC(CCl)CCc1ccc(OC(F)(F)F)cc1. The van der Waals surface area contributed by atoms with Gasteiger partial charge in [-0.05, 0) is 36.5 Å². The van der Waals surface area contributed by atoms with Crippen molar-refractivity contribution in [1.82, 2.24) is 0 Å². The molecule has 17 heavy (non-hydrogen) atoms. The van der Waals surface area contributed by atoms with E-state index in [1.54, 1.807) is 12.1 Å². The number of hydrogen-bond acceptors (Lipinski definition) is 1. The Labute approximate surface area is 104 Å². The van der Waals surface area contributed by atoms with E-state index in [1.165, 1.54) is 12.1 Å². The van der Waals surface area contributed by atoms with E-state index in [4.69, 9.17) is 11.6 Å². The van der Waals surface area contributed by atoms with E-state index in [0.29, 0.717) is 11.8 Å². The molecule has 0 saturated carbocycles. The molecule has 96 valence electrons. The summed E-state index contributed by atoms with van der Waals surface area (Å²) < 4.78 is 39.5. The molecule has 0 amide bonds. The van der Waals surface area contributed by atoms with E-state index in [2.05, 4.69) is 4.74 Å². The number of halogens is 4. The van der Waals surface area contributed by atoms with Crippen molar-refractivity contribution >= 4 is 11.6 Å². The largest absolute Gasteiger partial charge is 0.573 e. The third kappa shape index (κ3) is 5.82. The lowest BCUT2D eigenvalue weighted by Gasteiger charge is -2.10. The summed E-state index contributed by atoms with van der Waals surface area (Å²) in [5.74, 6) is 0.810. The highest BCUT2D eigenvalue weighted by Crippen LogP contribution is 2.23. The van der Waals surface area contributed by atoms with Crippen LogP contribution in [0.15, 0.2) is 24.3 Å². The zero-order valence-electron chi connectivity index (χ0n) is 9.43. The van der Waals surface area contributed by atoms with E-state index in [1.807, 2.05) is 6.92 Å². The van der Waals surface area contributed by atoms with Gasteiger partial charge in [0, 0.05) is 5.88 Å². The van der Waals surface area contributed by atoms with Gasteiger partial charge in [0.05, 0.1) is 0 Å². The molecule has 0 aromatic heterocycles. The lowest BCUT2D eigenvalue weighted by atomic mass is 10.0. The third-order valence-corrected chi connectivity index (χ3v) is 2.87. The Morgan fingerprint density at radius 1 is 1.24 bits per heavy atom. The van der Waals surface area contributed by atoms with Crippen molar-refractivity contribution in [2.45, 2.75) is 26.1 Å². The molecule has 0 aliphatic heterocycles. The third-order valence-electron chi connectivity index (χ3n) is 2.35. The Morgan fingerprint density at radius 2 is 1.82 bits per heavy atom. The molecule has 0 heterocycles. The first-order valence-electron chi connectivity index (χ1n) is 5.31. The summed E-state index contributed by atoms with van der Waals surface area (Å²) in [5.41, 5.74) is 0.983. The number of aryl methyl sites for hydroxylation is 1. The van der Waals surface area contributed by atoms with Crippen LogP contribution < -0.4 is 4.74 Å². The maximum absolute atomic E-state index is 11.9. The number of hydrogen-bond donors (Lipinski definition) is 0. The second-order valence-corrected chi connectivity index (χ2v) is 4.30. The van der Waals surface area contributed by atoms with Crippen molar-refractivity contribution in [3.8, 4) is 5.75 Å². The minimum absolute atomic E-state index is 0.188. The van der Waals surface area contributed by atoms with Crippen LogP contribution in [0.2, 0.25) is 0 Å². The summed E-state index contributed by atoms with van der Waals surface area (Å²) in [4.78, 5) is 0. The van der Waals surface area contributed by atoms with Crippen LogP contribution in [-0.2, 0) is 6.42 Å². The van der Waals surface area contributed by atoms with Gasteiger partial charge >= 0.3 is 6.36 Å². The highest BCUT2D eigenvalue weighted by atomic mass is 35.5. The molecular formula is C12H14ClF3O. The van der Waals surface area contributed by atoms with E-state index in [9.17, 15) is 13.2 Å². The van der Waals surface area contributed by atoms with Crippen LogP contribution in [0.1, 0.15) is 18.9 Å². The fourth-order valence-corrected chi connectivity index (χ4v) is 1.50. The van der Waals surface area contributed by atoms with E-state index < -0.39 is 6.36 Å². The fraction of sp³-hybridized carbons (Fsp3) is 0.500. The van der Waals surface area contributed by atoms with Crippen molar-refractivity contribution in [2.75, 3.05) is 5.88 Å². The summed E-state index contributed by atoms with van der Waals surface area (Å²) in [5, 5.41) is 0. The Morgan fingerprint density at radius 3 is 2.29 bits per heavy atom. The average Bonchev–Trinajstić information content (AvgIpc) is 2.25. The molecule has 1 aromatic rings. The van der Waals surface area contributed by atoms with Crippen molar-refractivity contribution in [3.63, 3.8) is 0 Å². The van der Waals surface area contributed by atoms with Crippen molar-refractivity contribution in [2.24, 2.45) is 5.92 Å². The van der Waals surface area contributed by atoms with E-state index in [-0.39, 0.29) is 5.75 Å². The second-order valence-electron chi connectivity index (χ2n) is 3.99. The summed E-state index contributed by atoms with van der Waals surface area (Å²) in [6, 6.07) is 5.94. The Kier molecular flexibility index (Phi) is 5.12. The number of rotatable bonds is 5. The number of alkyl halides is 4. The normalized spacial score (nSPS) is 13.5. The summed E-state index contributed by atoms with van der Waals surface area (Å²) in [6.45, 7) is 2.04. The molecule has 1 unspecified atom stereocenters. The monoisotopic (exact) mass is 266 g/mol. The Bertz CT molecular complexity index is 335. The fourth-order valence-electron chi connectivity index (χ4n) is 1.35. The van der Waals surface area contributed by atoms with Crippen LogP contribution in [0.3, 0.4) is 0 Å². The first kappa shape index (κ1) is 14.2. The van der Waals surface area contributed by atoms with Crippen LogP contribution in [0.5, 0.6) is 5.75 Å². The maximum Gasteiger partial charge on any atom is 0.573 e. The lowest BCUT2D eigenvalue weighted by Crippen LogP contribution is -2.17. The molecular weight excluding hydrogens is 253 g/mol. The van der Waals surface area contributed by atoms with Gasteiger partial charge in [0.25, 0.3) is 0 Å². The zero-order valence-corrected chi connectivity index (χ0v) is 10.2. The number of benzene rings is 1. The molecule has 1 aromatic carbocycles.